The van der Waals surface area contributed by atoms with Gasteiger partial charge in [-0.25, -0.2) is 0 Å². The molecule has 1 aromatic rings. The number of rotatable bonds is 3. The number of anilines is 2. The first-order chi connectivity index (χ1) is 10.0. The van der Waals surface area contributed by atoms with E-state index < -0.39 is 0 Å². The first-order valence-electron chi connectivity index (χ1n) is 7.58. The van der Waals surface area contributed by atoms with E-state index in [9.17, 15) is 4.79 Å². The molecule has 2 N–H and O–H groups in total. The van der Waals surface area contributed by atoms with E-state index in [1.807, 2.05) is 24.8 Å². The summed E-state index contributed by atoms with van der Waals surface area (Å²) in [4.78, 5) is 16.2. The summed E-state index contributed by atoms with van der Waals surface area (Å²) in [5.41, 5.74) is 10.3. The Morgan fingerprint density at radius 1 is 1.24 bits per heavy atom. The molecule has 0 unspecified atom stereocenters. The highest BCUT2D eigenvalue weighted by molar-refractivity contribution is 5.88. The number of aryl methyl sites for hydroxylation is 1. The zero-order chi connectivity index (χ0) is 15.4. The number of nitrogens with zero attached hydrogens (tertiary/aromatic N) is 2. The Balaban J connectivity index is 1.99. The van der Waals surface area contributed by atoms with Gasteiger partial charge >= 0.3 is 0 Å². The largest absolute Gasteiger partial charge is 0.398 e. The zero-order valence-corrected chi connectivity index (χ0v) is 13.2. The molecular formula is C17H25N3O. The highest BCUT2D eigenvalue weighted by Gasteiger charge is 2.20. The second-order valence-electron chi connectivity index (χ2n) is 5.77. The number of amides is 1. The van der Waals surface area contributed by atoms with Crippen LogP contribution in [0.2, 0.25) is 0 Å². The van der Waals surface area contributed by atoms with Gasteiger partial charge in [0.05, 0.1) is 0 Å². The van der Waals surface area contributed by atoms with Gasteiger partial charge in [0, 0.05) is 43.6 Å². The van der Waals surface area contributed by atoms with Crippen LogP contribution in [0.1, 0.15) is 26.3 Å². The van der Waals surface area contributed by atoms with Crippen molar-refractivity contribution in [2.24, 2.45) is 0 Å². The Kier molecular flexibility index (Phi) is 4.89. The molecule has 114 valence electrons. The Morgan fingerprint density at radius 2 is 1.90 bits per heavy atom. The van der Waals surface area contributed by atoms with Crippen LogP contribution in [0.4, 0.5) is 11.4 Å². The number of hydrogen-bond acceptors (Lipinski definition) is 3. The van der Waals surface area contributed by atoms with Gasteiger partial charge in [0.2, 0.25) is 5.91 Å². The van der Waals surface area contributed by atoms with Crippen molar-refractivity contribution >= 4 is 17.3 Å². The van der Waals surface area contributed by atoms with Crippen LogP contribution >= 0.6 is 0 Å². The Hall–Kier alpha value is -1.97. The molecule has 1 aliphatic heterocycles. The molecule has 1 heterocycles. The lowest BCUT2D eigenvalue weighted by atomic mass is 10.1. The van der Waals surface area contributed by atoms with Crippen molar-refractivity contribution in [1.82, 2.24) is 4.90 Å². The summed E-state index contributed by atoms with van der Waals surface area (Å²) < 4.78 is 0. The van der Waals surface area contributed by atoms with Crippen LogP contribution in [0.25, 0.3) is 0 Å². The van der Waals surface area contributed by atoms with Gasteiger partial charge in [-0.15, -0.1) is 0 Å². The van der Waals surface area contributed by atoms with E-state index in [2.05, 4.69) is 24.0 Å². The Bertz CT molecular complexity index is 539. The van der Waals surface area contributed by atoms with Gasteiger partial charge in [-0.05, 0) is 38.0 Å². The molecule has 1 amide bonds. The van der Waals surface area contributed by atoms with Crippen LogP contribution in [0.3, 0.4) is 0 Å². The van der Waals surface area contributed by atoms with E-state index in [-0.39, 0.29) is 5.91 Å². The molecular weight excluding hydrogens is 262 g/mol. The summed E-state index contributed by atoms with van der Waals surface area (Å²) in [5, 5.41) is 0. The van der Waals surface area contributed by atoms with Crippen LogP contribution in [-0.4, -0.2) is 37.0 Å². The maximum atomic E-state index is 12.0. The van der Waals surface area contributed by atoms with Crippen molar-refractivity contribution in [2.75, 3.05) is 36.8 Å². The summed E-state index contributed by atoms with van der Waals surface area (Å²) in [6, 6.07) is 6.28. The summed E-state index contributed by atoms with van der Waals surface area (Å²) >= 11 is 0. The fraction of sp³-hybridized carbons (Fsp3) is 0.471. The third kappa shape index (κ3) is 3.78. The maximum absolute atomic E-state index is 12.0. The number of allylic oxidation sites excluding steroid dienone is 1. The van der Waals surface area contributed by atoms with Crippen LogP contribution in [-0.2, 0) is 11.2 Å². The van der Waals surface area contributed by atoms with Crippen molar-refractivity contribution in [1.29, 1.82) is 0 Å². The summed E-state index contributed by atoms with van der Waals surface area (Å²) in [7, 11) is 0. The van der Waals surface area contributed by atoms with Crippen LogP contribution in [0.15, 0.2) is 29.8 Å². The molecule has 0 saturated carbocycles. The van der Waals surface area contributed by atoms with Gasteiger partial charge in [0.15, 0.2) is 0 Å². The molecule has 0 aromatic heterocycles. The maximum Gasteiger partial charge on any atom is 0.246 e. The summed E-state index contributed by atoms with van der Waals surface area (Å²) in [6.45, 7) is 9.24. The number of benzene rings is 1. The van der Waals surface area contributed by atoms with E-state index in [0.29, 0.717) is 0 Å². The molecule has 1 aromatic carbocycles. The third-order valence-electron chi connectivity index (χ3n) is 3.88. The molecule has 1 aliphatic rings. The molecule has 2 rings (SSSR count). The summed E-state index contributed by atoms with van der Waals surface area (Å²) in [5.74, 6) is 0.121. The van der Waals surface area contributed by atoms with Gasteiger partial charge in [0.25, 0.3) is 0 Å². The van der Waals surface area contributed by atoms with Crippen LogP contribution in [0.5, 0.6) is 0 Å². The van der Waals surface area contributed by atoms with Crippen LogP contribution < -0.4 is 10.6 Å². The van der Waals surface area contributed by atoms with Crippen molar-refractivity contribution in [3.63, 3.8) is 0 Å². The highest BCUT2D eigenvalue weighted by Crippen LogP contribution is 2.23. The first-order valence-corrected chi connectivity index (χ1v) is 7.58. The van der Waals surface area contributed by atoms with E-state index in [0.717, 1.165) is 49.5 Å². The SMILES string of the molecule is CCc1ccc(N2CCN(C(=O)C=C(C)C)CC2)cc1N. The normalized spacial score (nSPS) is 15.0. The molecule has 1 fully saturated rings. The molecule has 4 heteroatoms. The number of nitrogen functional groups attached to an aromatic ring is 1. The fourth-order valence-corrected chi connectivity index (χ4v) is 2.62. The van der Waals surface area contributed by atoms with Crippen molar-refractivity contribution < 1.29 is 4.79 Å². The second kappa shape index (κ2) is 6.66. The molecule has 21 heavy (non-hydrogen) atoms. The number of carbonyl (C=O) groups excluding carboxylic acids is 1. The minimum absolute atomic E-state index is 0.121. The van der Waals surface area contributed by atoms with Gasteiger partial charge in [-0.2, -0.15) is 0 Å². The fourth-order valence-electron chi connectivity index (χ4n) is 2.62. The van der Waals surface area contributed by atoms with Crippen molar-refractivity contribution in [2.45, 2.75) is 27.2 Å². The minimum atomic E-state index is 0.121. The number of nitrogens with two attached hydrogens (primary N) is 1. The van der Waals surface area contributed by atoms with Gasteiger partial charge in [0.1, 0.15) is 0 Å². The topological polar surface area (TPSA) is 49.6 Å². The number of piperazine rings is 1. The van der Waals surface area contributed by atoms with Gasteiger partial charge < -0.3 is 15.5 Å². The Morgan fingerprint density at radius 3 is 2.43 bits per heavy atom. The monoisotopic (exact) mass is 287 g/mol. The predicted octanol–water partition coefficient (Wildman–Crippen LogP) is 2.45. The molecule has 0 bridgehead atoms. The van der Waals surface area contributed by atoms with Crippen LogP contribution in [0, 0.1) is 0 Å². The van der Waals surface area contributed by atoms with E-state index in [4.69, 9.17) is 5.73 Å². The lowest BCUT2D eigenvalue weighted by Crippen LogP contribution is -2.48. The molecule has 1 saturated heterocycles. The average molecular weight is 287 g/mol. The smallest absolute Gasteiger partial charge is 0.246 e. The molecule has 0 atom stereocenters. The zero-order valence-electron chi connectivity index (χ0n) is 13.2. The lowest BCUT2D eigenvalue weighted by molar-refractivity contribution is -0.126. The highest BCUT2D eigenvalue weighted by atomic mass is 16.2. The van der Waals surface area contributed by atoms with E-state index in [1.165, 1.54) is 5.56 Å². The first kappa shape index (κ1) is 15.4. The minimum Gasteiger partial charge on any atom is -0.398 e. The molecule has 4 nitrogen and oxygen atoms in total. The van der Waals surface area contributed by atoms with E-state index in [1.54, 1.807) is 6.08 Å². The number of hydrogen-bond donors (Lipinski definition) is 1. The predicted molar refractivity (Wildman–Crippen MR) is 88.5 cm³/mol. The van der Waals surface area contributed by atoms with Crippen molar-refractivity contribution in [3.05, 3.63) is 35.4 Å². The molecule has 0 radical (unpaired) electrons. The van der Waals surface area contributed by atoms with Crippen molar-refractivity contribution in [3.8, 4) is 0 Å². The Labute approximate surface area is 127 Å². The molecule has 0 aliphatic carbocycles. The van der Waals surface area contributed by atoms with Gasteiger partial charge in [-0.3, -0.25) is 4.79 Å². The van der Waals surface area contributed by atoms with Gasteiger partial charge in [-0.1, -0.05) is 18.6 Å². The van der Waals surface area contributed by atoms with E-state index >= 15 is 0 Å². The summed E-state index contributed by atoms with van der Waals surface area (Å²) in [6.07, 6.45) is 2.67. The quantitative estimate of drug-likeness (QED) is 0.686. The number of carbonyl (C=O) groups is 1. The average Bonchev–Trinajstić information content (AvgIpc) is 2.46. The molecule has 0 spiro atoms. The standard InChI is InChI=1S/C17H25N3O/c1-4-14-5-6-15(12-16(14)18)19-7-9-20(10-8-19)17(21)11-13(2)3/h5-6,11-12H,4,7-10,18H2,1-3H3. The third-order valence-corrected chi connectivity index (χ3v) is 3.88. The second-order valence-corrected chi connectivity index (χ2v) is 5.77. The lowest BCUT2D eigenvalue weighted by Gasteiger charge is -2.36.